The lowest BCUT2D eigenvalue weighted by Crippen LogP contribution is -2.19. The van der Waals surface area contributed by atoms with Gasteiger partial charge in [0.05, 0.1) is 28.4 Å². The van der Waals surface area contributed by atoms with Crippen LogP contribution >= 0.6 is 22.9 Å². The number of halogens is 1. The second-order valence-electron chi connectivity index (χ2n) is 5.26. The smallest absolute Gasteiger partial charge is 0.250 e. The summed E-state index contributed by atoms with van der Waals surface area (Å²) in [6.45, 7) is 0. The average molecular weight is 372 g/mol. The molecule has 7 heteroatoms. The predicted octanol–water partition coefficient (Wildman–Crippen LogP) is 3.74. The maximum atomic E-state index is 12.2. The maximum absolute atomic E-state index is 12.2. The maximum Gasteiger partial charge on any atom is 0.250 e. The van der Waals surface area contributed by atoms with E-state index in [0.29, 0.717) is 16.4 Å². The Morgan fingerprint density at radius 3 is 2.60 bits per heavy atom. The Bertz CT molecular complexity index is 939. The van der Waals surface area contributed by atoms with Gasteiger partial charge in [0.15, 0.2) is 0 Å². The first kappa shape index (κ1) is 17.1. The number of anilines is 1. The van der Waals surface area contributed by atoms with E-state index < -0.39 is 5.91 Å². The SMILES string of the molecule is NC(=O)c1ccccc1NC(=O)Cc1csc(-c2ccccc2Cl)n1. The summed E-state index contributed by atoms with van der Waals surface area (Å²) < 4.78 is 0. The summed E-state index contributed by atoms with van der Waals surface area (Å²) >= 11 is 7.60. The highest BCUT2D eigenvalue weighted by molar-refractivity contribution is 7.13. The Hall–Kier alpha value is -2.70. The molecular formula is C18H14ClN3O2S. The van der Waals surface area contributed by atoms with Gasteiger partial charge >= 0.3 is 0 Å². The van der Waals surface area contributed by atoms with Gasteiger partial charge in [-0.25, -0.2) is 4.98 Å². The zero-order valence-electron chi connectivity index (χ0n) is 13.0. The molecule has 25 heavy (non-hydrogen) atoms. The van der Waals surface area contributed by atoms with Crippen molar-refractivity contribution in [3.05, 3.63) is 70.2 Å². The number of nitrogens with two attached hydrogens (primary N) is 1. The minimum Gasteiger partial charge on any atom is -0.366 e. The number of nitrogens with zero attached hydrogens (tertiary/aromatic N) is 1. The van der Waals surface area contributed by atoms with Gasteiger partial charge in [-0.15, -0.1) is 11.3 Å². The number of para-hydroxylation sites is 1. The second kappa shape index (κ2) is 7.46. The van der Waals surface area contributed by atoms with Crippen molar-refractivity contribution in [2.45, 2.75) is 6.42 Å². The fourth-order valence-corrected chi connectivity index (χ4v) is 3.45. The number of hydrogen-bond acceptors (Lipinski definition) is 4. The molecule has 2 amide bonds. The molecule has 3 rings (SSSR count). The van der Waals surface area contributed by atoms with Crippen molar-refractivity contribution in [1.29, 1.82) is 0 Å². The Balaban J connectivity index is 1.73. The van der Waals surface area contributed by atoms with E-state index in [1.807, 2.05) is 23.6 Å². The minimum absolute atomic E-state index is 0.0913. The summed E-state index contributed by atoms with van der Waals surface area (Å²) in [5.74, 6) is -0.865. The highest BCUT2D eigenvalue weighted by Gasteiger charge is 2.13. The normalized spacial score (nSPS) is 10.4. The molecule has 0 spiro atoms. The van der Waals surface area contributed by atoms with E-state index in [9.17, 15) is 9.59 Å². The molecule has 0 saturated carbocycles. The molecule has 0 atom stereocenters. The third kappa shape index (κ3) is 4.04. The number of benzene rings is 2. The molecule has 126 valence electrons. The van der Waals surface area contributed by atoms with Crippen LogP contribution in [0.15, 0.2) is 53.9 Å². The molecule has 0 unspecified atom stereocenters. The van der Waals surface area contributed by atoms with Gasteiger partial charge in [-0.1, -0.05) is 41.9 Å². The van der Waals surface area contributed by atoms with E-state index in [0.717, 1.165) is 10.6 Å². The summed E-state index contributed by atoms with van der Waals surface area (Å²) in [5.41, 5.74) is 7.44. The van der Waals surface area contributed by atoms with Gasteiger partial charge < -0.3 is 11.1 Å². The molecule has 0 aliphatic rings. The fraction of sp³-hybridized carbons (Fsp3) is 0.0556. The first-order valence-corrected chi connectivity index (χ1v) is 8.68. The fourth-order valence-electron chi connectivity index (χ4n) is 2.31. The highest BCUT2D eigenvalue weighted by Crippen LogP contribution is 2.30. The standard InChI is InChI=1S/C18H14ClN3O2S/c19-14-7-3-1-5-12(14)18-21-11(10-25-18)9-16(23)22-15-8-4-2-6-13(15)17(20)24/h1-8,10H,9H2,(H2,20,24)(H,22,23). The Kier molecular flexibility index (Phi) is 5.11. The second-order valence-corrected chi connectivity index (χ2v) is 6.52. The van der Waals surface area contributed by atoms with Gasteiger partial charge in [-0.3, -0.25) is 9.59 Å². The topological polar surface area (TPSA) is 85.1 Å². The molecule has 0 bridgehead atoms. The molecule has 3 aromatic rings. The van der Waals surface area contributed by atoms with Crippen LogP contribution in [0.25, 0.3) is 10.6 Å². The van der Waals surface area contributed by atoms with Crippen LogP contribution in [0, 0.1) is 0 Å². The number of hydrogen-bond donors (Lipinski definition) is 2. The molecular weight excluding hydrogens is 358 g/mol. The highest BCUT2D eigenvalue weighted by atomic mass is 35.5. The van der Waals surface area contributed by atoms with Crippen molar-refractivity contribution in [3.63, 3.8) is 0 Å². The van der Waals surface area contributed by atoms with Crippen LogP contribution in [-0.2, 0) is 11.2 Å². The van der Waals surface area contributed by atoms with Crippen LogP contribution in [0.5, 0.6) is 0 Å². The quantitative estimate of drug-likeness (QED) is 0.716. The number of carbonyl (C=O) groups is 2. The summed E-state index contributed by atoms with van der Waals surface area (Å²) in [5, 5.41) is 5.89. The summed E-state index contributed by atoms with van der Waals surface area (Å²) in [4.78, 5) is 28.1. The first-order valence-electron chi connectivity index (χ1n) is 7.42. The summed E-state index contributed by atoms with van der Waals surface area (Å²) in [6, 6.07) is 14.0. The number of rotatable bonds is 5. The number of amides is 2. The number of aromatic nitrogens is 1. The largest absolute Gasteiger partial charge is 0.366 e. The van der Waals surface area contributed by atoms with E-state index in [1.54, 1.807) is 30.3 Å². The lowest BCUT2D eigenvalue weighted by atomic mass is 10.1. The number of carbonyl (C=O) groups excluding carboxylic acids is 2. The van der Waals surface area contributed by atoms with Crippen molar-refractivity contribution < 1.29 is 9.59 Å². The van der Waals surface area contributed by atoms with Crippen molar-refractivity contribution >= 4 is 40.4 Å². The van der Waals surface area contributed by atoms with Gasteiger partial charge in [0.2, 0.25) is 5.91 Å². The van der Waals surface area contributed by atoms with Crippen LogP contribution in [0.4, 0.5) is 5.69 Å². The Morgan fingerprint density at radius 1 is 1.12 bits per heavy atom. The summed E-state index contributed by atoms with van der Waals surface area (Å²) in [7, 11) is 0. The Labute approximate surface area is 153 Å². The van der Waals surface area contributed by atoms with E-state index >= 15 is 0 Å². The number of thiazole rings is 1. The number of nitrogens with one attached hydrogen (secondary N) is 1. The lowest BCUT2D eigenvalue weighted by Gasteiger charge is -2.07. The van der Waals surface area contributed by atoms with Gasteiger partial charge in [-0.2, -0.15) is 0 Å². The van der Waals surface area contributed by atoms with Crippen molar-refractivity contribution in [1.82, 2.24) is 4.98 Å². The zero-order valence-corrected chi connectivity index (χ0v) is 14.6. The van der Waals surface area contributed by atoms with Crippen LogP contribution in [-0.4, -0.2) is 16.8 Å². The minimum atomic E-state index is -0.592. The molecule has 0 aliphatic carbocycles. The predicted molar refractivity (Wildman–Crippen MR) is 99.9 cm³/mol. The summed E-state index contributed by atoms with van der Waals surface area (Å²) in [6.07, 6.45) is 0.0913. The molecule has 1 heterocycles. The van der Waals surface area contributed by atoms with E-state index in [2.05, 4.69) is 10.3 Å². The van der Waals surface area contributed by atoms with Crippen molar-refractivity contribution in [2.24, 2.45) is 5.73 Å². The van der Waals surface area contributed by atoms with E-state index in [1.165, 1.54) is 11.3 Å². The van der Waals surface area contributed by atoms with Gasteiger partial charge in [-0.05, 0) is 18.2 Å². The van der Waals surface area contributed by atoms with Crippen molar-refractivity contribution in [3.8, 4) is 10.6 Å². The number of primary amides is 1. The van der Waals surface area contributed by atoms with E-state index in [4.69, 9.17) is 17.3 Å². The molecule has 2 aromatic carbocycles. The Morgan fingerprint density at radius 2 is 1.84 bits per heavy atom. The lowest BCUT2D eigenvalue weighted by molar-refractivity contribution is -0.115. The molecule has 1 aromatic heterocycles. The van der Waals surface area contributed by atoms with Gasteiger partial charge in [0.25, 0.3) is 5.91 Å². The molecule has 3 N–H and O–H groups in total. The molecule has 5 nitrogen and oxygen atoms in total. The molecule has 0 aliphatic heterocycles. The third-order valence-corrected chi connectivity index (χ3v) is 4.72. The van der Waals surface area contributed by atoms with Crippen LogP contribution in [0.3, 0.4) is 0 Å². The zero-order chi connectivity index (χ0) is 17.8. The van der Waals surface area contributed by atoms with E-state index in [-0.39, 0.29) is 17.9 Å². The average Bonchev–Trinajstić information content (AvgIpc) is 3.03. The van der Waals surface area contributed by atoms with Crippen LogP contribution < -0.4 is 11.1 Å². The monoisotopic (exact) mass is 371 g/mol. The molecule has 0 radical (unpaired) electrons. The van der Waals surface area contributed by atoms with Gasteiger partial charge in [0.1, 0.15) is 5.01 Å². The van der Waals surface area contributed by atoms with Crippen LogP contribution in [0.1, 0.15) is 16.1 Å². The van der Waals surface area contributed by atoms with Crippen LogP contribution in [0.2, 0.25) is 5.02 Å². The third-order valence-electron chi connectivity index (χ3n) is 3.46. The first-order chi connectivity index (χ1) is 12.0. The van der Waals surface area contributed by atoms with Gasteiger partial charge in [0, 0.05) is 10.9 Å². The van der Waals surface area contributed by atoms with Crippen molar-refractivity contribution in [2.75, 3.05) is 5.32 Å². The molecule has 0 saturated heterocycles. The molecule has 0 fully saturated rings.